The number of ether oxygens (including phenoxy) is 2. The van der Waals surface area contributed by atoms with E-state index in [4.69, 9.17) is 9.47 Å². The maximum absolute atomic E-state index is 14.5. The van der Waals surface area contributed by atoms with Gasteiger partial charge in [-0.2, -0.15) is 0 Å². The lowest BCUT2D eigenvalue weighted by molar-refractivity contribution is -0.144. The smallest absolute Gasteiger partial charge is 0.234 e. The first-order chi connectivity index (χ1) is 20.9. The summed E-state index contributed by atoms with van der Waals surface area (Å²) in [6.07, 6.45) is 3.04. The number of nitrogens with zero attached hydrogens (tertiary/aromatic N) is 2. The highest BCUT2D eigenvalue weighted by Crippen LogP contribution is 2.72. The van der Waals surface area contributed by atoms with Crippen LogP contribution in [0.1, 0.15) is 43.7 Å². The predicted molar refractivity (Wildman–Crippen MR) is 157 cm³/mol. The van der Waals surface area contributed by atoms with Gasteiger partial charge in [0.1, 0.15) is 0 Å². The summed E-state index contributed by atoms with van der Waals surface area (Å²) in [5.74, 6) is -4.48. The van der Waals surface area contributed by atoms with Gasteiger partial charge in [-0.3, -0.25) is 29.0 Å². The molecule has 43 heavy (non-hydrogen) atoms. The average Bonchev–Trinajstić information content (AvgIpc) is 3.83. The first kappa shape index (κ1) is 27.0. The van der Waals surface area contributed by atoms with Crippen molar-refractivity contribution < 1.29 is 28.7 Å². The number of likely N-dealkylation sites (tertiary alicyclic amines) is 2. The lowest BCUT2D eigenvalue weighted by Crippen LogP contribution is -2.59. The Morgan fingerprint density at radius 3 is 1.56 bits per heavy atom. The average molecular weight is 581 g/mol. The predicted octanol–water partition coefficient (Wildman–Crippen LogP) is 3.81. The van der Waals surface area contributed by atoms with Crippen LogP contribution in [-0.2, 0) is 28.7 Å². The molecule has 222 valence electrons. The fourth-order valence-electron chi connectivity index (χ4n) is 9.40. The fourth-order valence-corrected chi connectivity index (χ4v) is 9.40. The van der Waals surface area contributed by atoms with Crippen molar-refractivity contribution in [2.24, 2.45) is 35.0 Å². The Labute approximate surface area is 251 Å². The SMILES string of the molecule is CC12C(c3ccccc3)=C(c3ccccc3)C([C@H]3C(=O)N(C[C@@H]4CCCO4)C(=O)[C@@H]31)[C@@H]1C(=O)N(C[C@@H]3CCCO3)C(=O)[C@@H]12. The maximum Gasteiger partial charge on any atom is 0.234 e. The zero-order valence-electron chi connectivity index (χ0n) is 24.3. The van der Waals surface area contributed by atoms with Crippen molar-refractivity contribution >= 4 is 34.8 Å². The van der Waals surface area contributed by atoms with Crippen LogP contribution in [0.4, 0.5) is 0 Å². The molecule has 8 atom stereocenters. The number of allylic oxidation sites excluding steroid dienone is 2. The third kappa shape index (κ3) is 3.75. The second-order valence-electron chi connectivity index (χ2n) is 13.2. The van der Waals surface area contributed by atoms with E-state index in [0.717, 1.165) is 48.0 Å². The minimum absolute atomic E-state index is 0.182. The van der Waals surface area contributed by atoms with E-state index in [1.54, 1.807) is 0 Å². The van der Waals surface area contributed by atoms with E-state index in [-0.39, 0.29) is 48.9 Å². The van der Waals surface area contributed by atoms with Crippen LogP contribution in [0, 0.1) is 35.0 Å². The second kappa shape index (κ2) is 9.96. The zero-order chi connectivity index (χ0) is 29.5. The molecule has 0 aromatic heterocycles. The van der Waals surface area contributed by atoms with Crippen LogP contribution in [0.5, 0.6) is 0 Å². The van der Waals surface area contributed by atoms with E-state index < -0.39 is 35.0 Å². The van der Waals surface area contributed by atoms with Crippen LogP contribution in [0.3, 0.4) is 0 Å². The number of carbonyl (C=O) groups excluding carboxylic acids is 4. The molecule has 2 bridgehead atoms. The number of carbonyl (C=O) groups is 4. The minimum atomic E-state index is -1.08. The van der Waals surface area contributed by atoms with Crippen LogP contribution >= 0.6 is 0 Å². The quantitative estimate of drug-likeness (QED) is 0.483. The van der Waals surface area contributed by atoms with Crippen LogP contribution in [-0.4, -0.2) is 71.9 Å². The summed E-state index contributed by atoms with van der Waals surface area (Å²) in [5.41, 5.74) is 2.59. The zero-order valence-corrected chi connectivity index (χ0v) is 24.3. The molecule has 4 heterocycles. The minimum Gasteiger partial charge on any atom is -0.376 e. The highest BCUT2D eigenvalue weighted by atomic mass is 16.5. The molecule has 2 aromatic rings. The van der Waals surface area contributed by atoms with Crippen LogP contribution < -0.4 is 0 Å². The first-order valence-electron chi connectivity index (χ1n) is 15.7. The summed E-state index contributed by atoms with van der Waals surface area (Å²) in [6.45, 7) is 3.66. The molecule has 4 saturated heterocycles. The van der Waals surface area contributed by atoms with Crippen LogP contribution in [0.15, 0.2) is 60.7 Å². The van der Waals surface area contributed by atoms with Crippen molar-refractivity contribution in [1.29, 1.82) is 0 Å². The van der Waals surface area contributed by atoms with Gasteiger partial charge in [0.25, 0.3) is 0 Å². The monoisotopic (exact) mass is 580 g/mol. The molecule has 9 rings (SSSR count). The summed E-state index contributed by atoms with van der Waals surface area (Å²) in [6, 6.07) is 19.8. The van der Waals surface area contributed by atoms with Crippen LogP contribution in [0.25, 0.3) is 11.1 Å². The van der Waals surface area contributed by atoms with Gasteiger partial charge in [0.15, 0.2) is 0 Å². The molecule has 2 aromatic carbocycles. The van der Waals surface area contributed by atoms with Gasteiger partial charge in [0, 0.05) is 24.5 Å². The van der Waals surface area contributed by atoms with Gasteiger partial charge in [-0.15, -0.1) is 0 Å². The van der Waals surface area contributed by atoms with Gasteiger partial charge in [-0.1, -0.05) is 67.6 Å². The molecule has 1 saturated carbocycles. The molecule has 8 nitrogen and oxygen atoms in total. The first-order valence-corrected chi connectivity index (χ1v) is 15.7. The fraction of sp³-hybridized carbons (Fsp3) is 0.486. The van der Waals surface area contributed by atoms with E-state index in [1.165, 1.54) is 9.80 Å². The molecular weight excluding hydrogens is 544 g/mol. The molecule has 4 amide bonds. The van der Waals surface area contributed by atoms with Crippen LogP contribution in [0.2, 0.25) is 0 Å². The molecular formula is C35H36N2O6. The number of amides is 4. The van der Waals surface area contributed by atoms with Crippen molar-refractivity contribution in [3.8, 4) is 0 Å². The topological polar surface area (TPSA) is 93.2 Å². The second-order valence-corrected chi connectivity index (χ2v) is 13.2. The van der Waals surface area contributed by atoms with E-state index in [2.05, 4.69) is 0 Å². The highest BCUT2D eigenvalue weighted by molar-refractivity contribution is 6.17. The lowest BCUT2D eigenvalue weighted by atomic mass is 9.41. The highest BCUT2D eigenvalue weighted by Gasteiger charge is 2.76. The Kier molecular flexibility index (Phi) is 6.25. The number of rotatable bonds is 6. The van der Waals surface area contributed by atoms with Gasteiger partial charge < -0.3 is 9.47 Å². The largest absolute Gasteiger partial charge is 0.376 e. The molecule has 2 unspecified atom stereocenters. The molecule has 7 aliphatic rings. The van der Waals surface area contributed by atoms with Gasteiger partial charge in [0.2, 0.25) is 23.6 Å². The Balaban J connectivity index is 1.33. The third-order valence-electron chi connectivity index (χ3n) is 11.1. The Bertz CT molecular complexity index is 1460. The molecule has 3 aliphatic carbocycles. The summed E-state index contributed by atoms with van der Waals surface area (Å²) in [4.78, 5) is 60.6. The molecule has 5 fully saturated rings. The van der Waals surface area contributed by atoms with Crippen molar-refractivity contribution in [2.75, 3.05) is 26.3 Å². The summed E-state index contributed by atoms with van der Waals surface area (Å²) >= 11 is 0. The Hall–Kier alpha value is -3.62. The summed E-state index contributed by atoms with van der Waals surface area (Å²) in [7, 11) is 0. The summed E-state index contributed by atoms with van der Waals surface area (Å²) in [5, 5.41) is 0. The van der Waals surface area contributed by atoms with Crippen molar-refractivity contribution in [3.05, 3.63) is 71.8 Å². The summed E-state index contributed by atoms with van der Waals surface area (Å²) < 4.78 is 11.7. The molecule has 8 heteroatoms. The van der Waals surface area contributed by atoms with Crippen molar-refractivity contribution in [1.82, 2.24) is 9.80 Å². The number of benzene rings is 2. The van der Waals surface area contributed by atoms with Gasteiger partial charge in [-0.05, 0) is 48.0 Å². The van der Waals surface area contributed by atoms with Gasteiger partial charge in [-0.25, -0.2) is 0 Å². The maximum atomic E-state index is 14.5. The molecule has 0 radical (unpaired) electrons. The standard InChI is InChI=1S/C35H36N2O6/c1-35-28(21-12-6-3-7-13-21)24(20-10-4-2-5-11-20)25(26-29(35)33(40)36(31(26)38)18-22-14-8-16-42-22)27-30(35)34(41)37(32(27)39)19-23-15-9-17-43-23/h2-7,10-13,22-23,25-27,29-30H,8-9,14-19H2,1H3/t22-,23-,25?,26-,27+,29+,30+,35?/m0/s1. The molecule has 4 aliphatic heterocycles. The third-order valence-corrected chi connectivity index (χ3v) is 11.1. The van der Waals surface area contributed by atoms with Gasteiger partial charge in [0.05, 0.1) is 49.0 Å². The normalized spacial score (nSPS) is 36.7. The van der Waals surface area contributed by atoms with E-state index in [9.17, 15) is 19.2 Å². The van der Waals surface area contributed by atoms with Gasteiger partial charge >= 0.3 is 0 Å². The molecule has 0 spiro atoms. The number of imide groups is 2. The van der Waals surface area contributed by atoms with E-state index >= 15 is 0 Å². The van der Waals surface area contributed by atoms with Crippen molar-refractivity contribution in [2.45, 2.75) is 44.8 Å². The van der Waals surface area contributed by atoms with Crippen molar-refractivity contribution in [3.63, 3.8) is 0 Å². The number of hydrogen-bond acceptors (Lipinski definition) is 6. The lowest BCUT2D eigenvalue weighted by Gasteiger charge is -2.57. The Morgan fingerprint density at radius 1 is 0.651 bits per heavy atom. The Morgan fingerprint density at radius 2 is 1.12 bits per heavy atom. The number of hydrogen-bond donors (Lipinski definition) is 0. The van der Waals surface area contributed by atoms with E-state index in [0.29, 0.717) is 13.2 Å². The van der Waals surface area contributed by atoms with E-state index in [1.807, 2.05) is 67.6 Å². The molecule has 0 N–H and O–H groups in total.